The predicted octanol–water partition coefficient (Wildman–Crippen LogP) is 0.415. The number of rotatable bonds is 15. The molecule has 0 unspecified atom stereocenters. The van der Waals surface area contributed by atoms with Gasteiger partial charge in [-0.05, 0) is 6.42 Å². The molecular formula is C18H35NaO10S. The molecule has 0 bridgehead atoms. The number of carboxylic acids is 3. The first-order chi connectivity index (χ1) is 13.4. The van der Waals surface area contributed by atoms with E-state index in [0.29, 0.717) is 6.42 Å². The number of carbonyl (C=O) groups is 3. The summed E-state index contributed by atoms with van der Waals surface area (Å²) in [5.41, 5.74) is 0. The number of carboxylic acid groups (broad SMARTS) is 3. The third kappa shape index (κ3) is 56.4. The molecule has 0 saturated carbocycles. The van der Waals surface area contributed by atoms with Gasteiger partial charge in [-0.1, -0.05) is 64.7 Å². The Morgan fingerprint density at radius 2 is 1.07 bits per heavy atom. The summed E-state index contributed by atoms with van der Waals surface area (Å²) in [6, 6.07) is 0. The van der Waals surface area contributed by atoms with E-state index in [0.717, 1.165) is 19.8 Å². The molecule has 0 aliphatic heterocycles. The van der Waals surface area contributed by atoms with Crippen LogP contribution in [-0.2, 0) is 29.0 Å². The predicted molar refractivity (Wildman–Crippen MR) is 105 cm³/mol. The fourth-order valence-electron chi connectivity index (χ4n) is 1.96. The summed E-state index contributed by atoms with van der Waals surface area (Å²) in [6.45, 7) is 3.33. The average molecular weight is 467 g/mol. The summed E-state index contributed by atoms with van der Waals surface area (Å²) < 4.78 is 34.5. The topological polar surface area (TPSA) is 178 Å². The van der Waals surface area contributed by atoms with E-state index in [1.165, 1.54) is 44.9 Å². The molecular weight excluding hydrogens is 431 g/mol. The van der Waals surface area contributed by atoms with Crippen molar-refractivity contribution in [2.75, 3.05) is 6.61 Å². The maximum Gasteiger partial charge on any atom is 1.00 e. The van der Waals surface area contributed by atoms with Crippen molar-refractivity contribution in [3.05, 3.63) is 0 Å². The summed E-state index contributed by atoms with van der Waals surface area (Å²) in [7, 11) is -4.48. The standard InChI is InChI=1S/C12H26O4S.C4H6O4.C2H4O2.Na/c1-2-3-4-5-6-7-8-9-10-11-12-16-17(13,14)15;5-3(6)1-2-4(7)8;1-2(3)4;/h2-12H2,1H3,(H,13,14,15);1-2H2,(H,5,6)(H,7,8);1H3,(H,3,4);/q;;;+1/p-1. The smallest absolute Gasteiger partial charge is 0.726 e. The van der Waals surface area contributed by atoms with Crippen LogP contribution in [0.5, 0.6) is 0 Å². The molecule has 10 nitrogen and oxygen atoms in total. The van der Waals surface area contributed by atoms with Gasteiger partial charge < -0.3 is 19.9 Å². The molecule has 0 atom stereocenters. The van der Waals surface area contributed by atoms with Gasteiger partial charge in [0.25, 0.3) is 5.97 Å². The van der Waals surface area contributed by atoms with E-state index < -0.39 is 28.3 Å². The van der Waals surface area contributed by atoms with Crippen LogP contribution in [0, 0.1) is 0 Å². The largest absolute Gasteiger partial charge is 1.00 e. The molecule has 0 fully saturated rings. The summed E-state index contributed by atoms with van der Waals surface area (Å²) >= 11 is 0. The molecule has 30 heavy (non-hydrogen) atoms. The van der Waals surface area contributed by atoms with Crippen molar-refractivity contribution in [3.63, 3.8) is 0 Å². The SMILES string of the molecule is CC(=O)O.CCCCCCCCCCCCOS(=O)(=O)[O-].O=C(O)CCC(=O)O.[Na+]. The summed E-state index contributed by atoms with van der Waals surface area (Å²) in [5, 5.41) is 23.2. The van der Waals surface area contributed by atoms with Gasteiger partial charge in [0.15, 0.2) is 0 Å². The van der Waals surface area contributed by atoms with Crippen molar-refractivity contribution < 1.29 is 76.4 Å². The fraction of sp³-hybridized carbons (Fsp3) is 0.833. The van der Waals surface area contributed by atoms with Gasteiger partial charge >= 0.3 is 41.5 Å². The Labute approximate surface area is 201 Å². The number of aliphatic carboxylic acids is 3. The Morgan fingerprint density at radius 1 is 0.767 bits per heavy atom. The Hall–Kier alpha value is -0.720. The van der Waals surface area contributed by atoms with Crippen LogP contribution in [0.15, 0.2) is 0 Å². The van der Waals surface area contributed by atoms with Crippen molar-refractivity contribution in [2.24, 2.45) is 0 Å². The molecule has 0 saturated heterocycles. The van der Waals surface area contributed by atoms with Gasteiger partial charge in [0.1, 0.15) is 0 Å². The Balaban J connectivity index is -0.000000216. The molecule has 0 rings (SSSR count). The quantitative estimate of drug-likeness (QED) is 0.132. The van der Waals surface area contributed by atoms with Crippen LogP contribution < -0.4 is 29.6 Å². The molecule has 12 heteroatoms. The van der Waals surface area contributed by atoms with Crippen molar-refractivity contribution in [2.45, 2.75) is 90.9 Å². The first-order valence-electron chi connectivity index (χ1n) is 9.65. The van der Waals surface area contributed by atoms with E-state index in [9.17, 15) is 22.6 Å². The second-order valence-corrected chi connectivity index (χ2v) is 7.27. The van der Waals surface area contributed by atoms with E-state index in [1.54, 1.807) is 0 Å². The monoisotopic (exact) mass is 466 g/mol. The molecule has 0 spiro atoms. The fourth-order valence-corrected chi connectivity index (χ4v) is 2.29. The van der Waals surface area contributed by atoms with Crippen molar-refractivity contribution in [1.29, 1.82) is 0 Å². The van der Waals surface area contributed by atoms with Gasteiger partial charge in [-0.3, -0.25) is 18.6 Å². The molecule has 0 radical (unpaired) electrons. The van der Waals surface area contributed by atoms with Crippen LogP contribution >= 0.6 is 0 Å². The minimum Gasteiger partial charge on any atom is -0.726 e. The van der Waals surface area contributed by atoms with Gasteiger partial charge in [0.2, 0.25) is 10.4 Å². The van der Waals surface area contributed by atoms with Crippen molar-refractivity contribution in [1.82, 2.24) is 0 Å². The second-order valence-electron chi connectivity index (χ2n) is 6.22. The van der Waals surface area contributed by atoms with Crippen LogP contribution in [0.1, 0.15) is 90.9 Å². The van der Waals surface area contributed by atoms with E-state index >= 15 is 0 Å². The minimum absolute atomic E-state index is 0. The van der Waals surface area contributed by atoms with Crippen molar-refractivity contribution in [3.8, 4) is 0 Å². The summed E-state index contributed by atoms with van der Waals surface area (Å²) in [4.78, 5) is 28.3. The zero-order valence-corrected chi connectivity index (χ0v) is 21.1. The second kappa shape index (κ2) is 26.3. The Kier molecular flexibility index (Phi) is 32.1. The Morgan fingerprint density at radius 3 is 1.33 bits per heavy atom. The first-order valence-corrected chi connectivity index (χ1v) is 11.0. The first kappa shape index (κ1) is 36.6. The molecule has 0 aliphatic carbocycles. The molecule has 0 amide bonds. The maximum atomic E-state index is 10.1. The van der Waals surface area contributed by atoms with Crippen LogP contribution in [-0.4, -0.2) is 52.8 Å². The number of unbranched alkanes of at least 4 members (excludes halogenated alkanes) is 9. The third-order valence-electron chi connectivity index (χ3n) is 3.28. The molecule has 0 heterocycles. The zero-order valence-electron chi connectivity index (χ0n) is 18.3. The minimum atomic E-state index is -4.48. The maximum absolute atomic E-state index is 10.1. The van der Waals surface area contributed by atoms with E-state index in [-0.39, 0.29) is 49.0 Å². The summed E-state index contributed by atoms with van der Waals surface area (Å²) in [6.07, 6.45) is 11.1. The Bertz CT molecular complexity index is 505. The third-order valence-corrected chi connectivity index (χ3v) is 3.73. The molecule has 0 aromatic carbocycles. The number of hydrogen-bond acceptors (Lipinski definition) is 7. The molecule has 3 N–H and O–H groups in total. The van der Waals surface area contributed by atoms with Crippen molar-refractivity contribution >= 4 is 28.3 Å². The average Bonchev–Trinajstić information content (AvgIpc) is 2.57. The van der Waals surface area contributed by atoms with Gasteiger partial charge in [0.05, 0.1) is 19.4 Å². The summed E-state index contributed by atoms with van der Waals surface area (Å²) in [5.74, 6) is -2.99. The van der Waals surface area contributed by atoms with E-state index in [2.05, 4.69) is 11.1 Å². The van der Waals surface area contributed by atoms with Gasteiger partial charge in [-0.2, -0.15) is 0 Å². The van der Waals surface area contributed by atoms with E-state index in [4.69, 9.17) is 20.1 Å². The molecule has 0 aromatic rings. The van der Waals surface area contributed by atoms with Crippen LogP contribution in [0.4, 0.5) is 0 Å². The molecule has 0 aliphatic rings. The van der Waals surface area contributed by atoms with Crippen LogP contribution in [0.3, 0.4) is 0 Å². The van der Waals surface area contributed by atoms with E-state index in [1.807, 2.05) is 0 Å². The molecule has 174 valence electrons. The van der Waals surface area contributed by atoms with Crippen LogP contribution in [0.25, 0.3) is 0 Å². The zero-order chi connectivity index (χ0) is 23.1. The number of hydrogen-bond donors (Lipinski definition) is 3. The molecule has 0 aromatic heterocycles. The normalized spacial score (nSPS) is 9.83. The van der Waals surface area contributed by atoms with Crippen LogP contribution in [0.2, 0.25) is 0 Å². The van der Waals surface area contributed by atoms with Gasteiger partial charge in [-0.15, -0.1) is 0 Å². The van der Waals surface area contributed by atoms with Gasteiger partial charge in [0, 0.05) is 6.92 Å². The van der Waals surface area contributed by atoms with Gasteiger partial charge in [-0.25, -0.2) is 8.42 Å².